The number of benzene rings is 2. The van der Waals surface area contributed by atoms with Crippen molar-refractivity contribution in [3.63, 3.8) is 0 Å². The van der Waals surface area contributed by atoms with Crippen molar-refractivity contribution in [2.45, 2.75) is 91.4 Å². The molecule has 0 bridgehead atoms. The minimum Gasteiger partial charge on any atom is -0.0624 e. The third-order valence-corrected chi connectivity index (χ3v) is 6.81. The molecular weight excluding hydrogens is 336 g/mol. The van der Waals surface area contributed by atoms with Crippen molar-refractivity contribution in [1.29, 1.82) is 0 Å². The molecule has 2 unspecified atom stereocenters. The van der Waals surface area contributed by atoms with Crippen LogP contribution in [-0.2, 0) is 10.8 Å². The van der Waals surface area contributed by atoms with Crippen LogP contribution in [0.1, 0.15) is 103 Å². The van der Waals surface area contributed by atoms with Crippen LogP contribution in [-0.4, -0.2) is 0 Å². The van der Waals surface area contributed by atoms with Crippen LogP contribution in [0.4, 0.5) is 0 Å². The summed E-state index contributed by atoms with van der Waals surface area (Å²) in [6.07, 6.45) is 3.78. The average Bonchev–Trinajstić information content (AvgIpc) is 2.59. The summed E-state index contributed by atoms with van der Waals surface area (Å²) >= 11 is 0. The highest BCUT2D eigenvalue weighted by Crippen LogP contribution is 2.53. The second kappa shape index (κ2) is 7.36. The zero-order valence-corrected chi connectivity index (χ0v) is 19.4. The smallest absolute Gasteiger partial charge is 0.0210 e. The van der Waals surface area contributed by atoms with Gasteiger partial charge in [0.25, 0.3) is 0 Å². The third kappa shape index (κ3) is 4.22. The van der Waals surface area contributed by atoms with Gasteiger partial charge < -0.3 is 0 Å². The second-order valence-corrected chi connectivity index (χ2v) is 11.5. The Morgan fingerprint density at radius 2 is 1.32 bits per heavy atom. The predicted molar refractivity (Wildman–Crippen MR) is 123 cm³/mol. The molecular formula is C28H40. The first kappa shape index (κ1) is 21.2. The lowest BCUT2D eigenvalue weighted by molar-refractivity contribution is 0.127. The van der Waals surface area contributed by atoms with Gasteiger partial charge in [-0.3, -0.25) is 0 Å². The molecule has 0 radical (unpaired) electrons. The number of rotatable bonds is 3. The fourth-order valence-corrected chi connectivity index (χ4v) is 5.65. The maximum atomic E-state index is 2.46. The summed E-state index contributed by atoms with van der Waals surface area (Å²) in [4.78, 5) is 0. The minimum absolute atomic E-state index is 0.118. The van der Waals surface area contributed by atoms with Crippen molar-refractivity contribution >= 4 is 0 Å². The van der Waals surface area contributed by atoms with Crippen LogP contribution in [0.2, 0.25) is 0 Å². The molecule has 0 saturated heterocycles. The molecule has 1 saturated carbocycles. The van der Waals surface area contributed by atoms with E-state index in [2.05, 4.69) is 104 Å². The Balaban J connectivity index is 2.12. The quantitative estimate of drug-likeness (QED) is 0.506. The summed E-state index contributed by atoms with van der Waals surface area (Å²) in [5, 5.41) is 0. The van der Waals surface area contributed by atoms with Crippen molar-refractivity contribution in [2.24, 2.45) is 11.3 Å². The van der Waals surface area contributed by atoms with Gasteiger partial charge in [0.05, 0.1) is 0 Å². The molecule has 28 heavy (non-hydrogen) atoms. The van der Waals surface area contributed by atoms with Crippen LogP contribution in [0.3, 0.4) is 0 Å². The summed E-state index contributed by atoms with van der Waals surface area (Å²) in [6, 6.07) is 19.1. The van der Waals surface area contributed by atoms with Gasteiger partial charge in [0.15, 0.2) is 0 Å². The first-order valence-corrected chi connectivity index (χ1v) is 11.1. The molecule has 2 aromatic rings. The zero-order chi connectivity index (χ0) is 20.7. The van der Waals surface area contributed by atoms with E-state index in [9.17, 15) is 0 Å². The van der Waals surface area contributed by atoms with Crippen molar-refractivity contribution in [3.05, 3.63) is 70.8 Å². The van der Waals surface area contributed by atoms with Crippen LogP contribution in [0.15, 0.2) is 48.5 Å². The molecule has 0 heterocycles. The largest absolute Gasteiger partial charge is 0.0624 e. The SMILES string of the molecule is CC1CC(C)(C)CC(c2ccc(C(C)C)cc2)(c2ccc(C(C)(C)C)cc2)C1. The Morgan fingerprint density at radius 1 is 0.821 bits per heavy atom. The molecule has 1 aliphatic carbocycles. The van der Waals surface area contributed by atoms with Crippen LogP contribution in [0, 0.1) is 11.3 Å². The Hall–Kier alpha value is -1.56. The van der Waals surface area contributed by atoms with E-state index >= 15 is 0 Å². The van der Waals surface area contributed by atoms with E-state index in [1.807, 2.05) is 0 Å². The van der Waals surface area contributed by atoms with Gasteiger partial charge in [-0.25, -0.2) is 0 Å². The molecule has 3 rings (SSSR count). The molecule has 2 aromatic carbocycles. The summed E-state index contributed by atoms with van der Waals surface area (Å²) in [5.74, 6) is 1.31. The van der Waals surface area contributed by atoms with Crippen molar-refractivity contribution < 1.29 is 0 Å². The number of hydrogen-bond acceptors (Lipinski definition) is 0. The number of hydrogen-bond donors (Lipinski definition) is 0. The standard InChI is InChI=1S/C28H40/c1-20(2)22-9-11-24(12-10-22)28(18-21(3)17-27(7,8)19-28)25-15-13-23(14-16-25)26(4,5)6/h9-16,20-21H,17-19H2,1-8H3. The van der Waals surface area contributed by atoms with E-state index in [0.717, 1.165) is 5.92 Å². The molecule has 0 spiro atoms. The monoisotopic (exact) mass is 376 g/mol. The van der Waals surface area contributed by atoms with Crippen molar-refractivity contribution in [1.82, 2.24) is 0 Å². The van der Waals surface area contributed by atoms with Gasteiger partial charge in [-0.15, -0.1) is 0 Å². The molecule has 0 heteroatoms. The third-order valence-electron chi connectivity index (χ3n) is 6.81. The average molecular weight is 377 g/mol. The van der Waals surface area contributed by atoms with E-state index in [1.165, 1.54) is 41.5 Å². The van der Waals surface area contributed by atoms with Gasteiger partial charge in [0.2, 0.25) is 0 Å². The molecule has 0 amide bonds. The van der Waals surface area contributed by atoms with Gasteiger partial charge in [-0.1, -0.05) is 104 Å². The Labute approximate surface area is 173 Å². The van der Waals surface area contributed by atoms with E-state index in [4.69, 9.17) is 0 Å². The van der Waals surface area contributed by atoms with Gasteiger partial charge in [-0.2, -0.15) is 0 Å². The molecule has 1 aliphatic rings. The molecule has 0 aliphatic heterocycles. The van der Waals surface area contributed by atoms with Crippen LogP contribution >= 0.6 is 0 Å². The highest BCUT2D eigenvalue weighted by molar-refractivity contribution is 5.43. The Kier molecular flexibility index (Phi) is 5.56. The van der Waals surface area contributed by atoms with Crippen molar-refractivity contribution in [2.75, 3.05) is 0 Å². The van der Waals surface area contributed by atoms with Gasteiger partial charge in [0.1, 0.15) is 0 Å². The molecule has 152 valence electrons. The summed E-state index contributed by atoms with van der Waals surface area (Å²) in [5.41, 5.74) is 6.53. The molecule has 1 fully saturated rings. The molecule has 0 aromatic heterocycles. The summed E-state index contributed by atoms with van der Waals surface area (Å²) in [6.45, 7) is 18.8. The summed E-state index contributed by atoms with van der Waals surface area (Å²) < 4.78 is 0. The normalized spacial score (nSPS) is 25.1. The fraction of sp³-hybridized carbons (Fsp3) is 0.571. The second-order valence-electron chi connectivity index (χ2n) is 11.5. The van der Waals surface area contributed by atoms with Crippen LogP contribution in [0.5, 0.6) is 0 Å². The minimum atomic E-state index is 0.118. The van der Waals surface area contributed by atoms with Gasteiger partial charge in [0, 0.05) is 5.41 Å². The first-order valence-electron chi connectivity index (χ1n) is 11.1. The lowest BCUT2D eigenvalue weighted by Gasteiger charge is -2.49. The lowest BCUT2D eigenvalue weighted by Crippen LogP contribution is -2.41. The predicted octanol–water partition coefficient (Wildman–Crippen LogP) is 8.24. The zero-order valence-electron chi connectivity index (χ0n) is 19.4. The lowest BCUT2D eigenvalue weighted by atomic mass is 9.55. The topological polar surface area (TPSA) is 0 Å². The van der Waals surface area contributed by atoms with Crippen LogP contribution < -0.4 is 0 Å². The highest BCUT2D eigenvalue weighted by atomic mass is 14.5. The van der Waals surface area contributed by atoms with E-state index < -0.39 is 0 Å². The van der Waals surface area contributed by atoms with E-state index in [-0.39, 0.29) is 10.8 Å². The molecule has 2 atom stereocenters. The molecule has 0 nitrogen and oxygen atoms in total. The van der Waals surface area contributed by atoms with Crippen LogP contribution in [0.25, 0.3) is 0 Å². The first-order chi connectivity index (χ1) is 12.9. The van der Waals surface area contributed by atoms with Crippen molar-refractivity contribution in [3.8, 4) is 0 Å². The van der Waals surface area contributed by atoms with E-state index in [1.54, 1.807) is 0 Å². The fourth-order valence-electron chi connectivity index (χ4n) is 5.65. The molecule has 0 N–H and O–H groups in total. The Morgan fingerprint density at radius 3 is 1.75 bits per heavy atom. The van der Waals surface area contributed by atoms with E-state index in [0.29, 0.717) is 11.3 Å². The maximum absolute atomic E-state index is 2.46. The maximum Gasteiger partial charge on any atom is 0.0210 e. The van der Waals surface area contributed by atoms with Gasteiger partial charge >= 0.3 is 0 Å². The van der Waals surface area contributed by atoms with Gasteiger partial charge in [-0.05, 0) is 64.2 Å². The highest BCUT2D eigenvalue weighted by Gasteiger charge is 2.45. The summed E-state index contributed by atoms with van der Waals surface area (Å²) in [7, 11) is 0. The Bertz CT molecular complexity index is 783.